The van der Waals surface area contributed by atoms with Gasteiger partial charge in [-0.2, -0.15) is 0 Å². The Morgan fingerprint density at radius 1 is 1.07 bits per heavy atom. The number of thioether (sulfide) groups is 1. The molecule has 0 spiro atoms. The zero-order valence-corrected chi connectivity index (χ0v) is 24.9. The number of hydrogen-bond acceptors (Lipinski definition) is 9. The van der Waals surface area contributed by atoms with Crippen molar-refractivity contribution in [2.75, 3.05) is 18.1 Å². The zero-order chi connectivity index (χ0) is 29.6. The first-order valence-corrected chi connectivity index (χ1v) is 15.2. The fourth-order valence-electron chi connectivity index (χ4n) is 4.39. The van der Waals surface area contributed by atoms with Crippen molar-refractivity contribution in [2.45, 2.75) is 23.1 Å². The maximum absolute atomic E-state index is 13.5. The minimum atomic E-state index is -0.967. The third-order valence-electron chi connectivity index (χ3n) is 6.30. The summed E-state index contributed by atoms with van der Waals surface area (Å²) in [7, 11) is 0. The maximum atomic E-state index is 13.5. The number of ether oxygens (including phenoxy) is 2. The van der Waals surface area contributed by atoms with Crippen molar-refractivity contribution in [3.05, 3.63) is 113 Å². The predicted molar refractivity (Wildman–Crippen MR) is 165 cm³/mol. The molecular formula is C31H26ClN3O5S2. The number of anilines is 1. The number of rotatable bonds is 11. The van der Waals surface area contributed by atoms with Crippen molar-refractivity contribution in [3.63, 3.8) is 0 Å². The molecule has 1 atom stereocenters. The molecule has 0 aliphatic carbocycles. The van der Waals surface area contributed by atoms with E-state index in [2.05, 4.69) is 16.8 Å². The molecule has 0 saturated carbocycles. The van der Waals surface area contributed by atoms with E-state index < -0.39 is 17.7 Å². The van der Waals surface area contributed by atoms with Crippen LogP contribution in [0.3, 0.4) is 0 Å². The first-order valence-electron chi connectivity index (χ1n) is 13.0. The van der Waals surface area contributed by atoms with E-state index in [1.807, 2.05) is 31.2 Å². The van der Waals surface area contributed by atoms with Gasteiger partial charge in [-0.05, 0) is 66.6 Å². The Morgan fingerprint density at radius 2 is 1.83 bits per heavy atom. The second-order valence-electron chi connectivity index (χ2n) is 9.06. The Labute approximate surface area is 256 Å². The van der Waals surface area contributed by atoms with Crippen LogP contribution in [0.25, 0.3) is 5.76 Å². The molecule has 42 heavy (non-hydrogen) atoms. The molecule has 2 heterocycles. The highest BCUT2D eigenvalue weighted by Crippen LogP contribution is 2.44. The molecule has 0 radical (unpaired) electrons. The van der Waals surface area contributed by atoms with E-state index in [0.29, 0.717) is 44.3 Å². The van der Waals surface area contributed by atoms with Crippen molar-refractivity contribution >= 4 is 57.3 Å². The molecular weight excluding hydrogens is 594 g/mol. The van der Waals surface area contributed by atoms with Gasteiger partial charge in [0.05, 0.1) is 18.2 Å². The summed E-state index contributed by atoms with van der Waals surface area (Å²) in [5, 5.41) is 20.8. The molecule has 214 valence electrons. The molecule has 1 aliphatic heterocycles. The summed E-state index contributed by atoms with van der Waals surface area (Å²) < 4.78 is 11.8. The topological polar surface area (TPSA) is 102 Å². The van der Waals surface area contributed by atoms with E-state index in [4.69, 9.17) is 21.1 Å². The fraction of sp³-hybridized carbons (Fsp3) is 0.161. The van der Waals surface area contributed by atoms with Crippen LogP contribution in [0.5, 0.6) is 11.5 Å². The number of ketones is 1. The smallest absolute Gasteiger partial charge is 0.301 e. The summed E-state index contributed by atoms with van der Waals surface area (Å²) in [6.07, 6.45) is 1.62. The Kier molecular flexibility index (Phi) is 9.26. The highest BCUT2D eigenvalue weighted by atomic mass is 35.5. The average Bonchev–Trinajstić information content (AvgIpc) is 3.58. The van der Waals surface area contributed by atoms with Crippen molar-refractivity contribution in [3.8, 4) is 11.5 Å². The van der Waals surface area contributed by atoms with Gasteiger partial charge in [-0.15, -0.1) is 10.2 Å². The number of carbonyl (C=O) groups excluding carboxylic acids is 2. The van der Waals surface area contributed by atoms with Crippen LogP contribution in [-0.4, -0.2) is 40.2 Å². The number of nitrogens with zero attached hydrogens (tertiary/aromatic N) is 3. The molecule has 1 aliphatic rings. The van der Waals surface area contributed by atoms with Gasteiger partial charge in [0, 0.05) is 16.3 Å². The van der Waals surface area contributed by atoms with Crippen molar-refractivity contribution in [1.82, 2.24) is 10.2 Å². The summed E-state index contributed by atoms with van der Waals surface area (Å²) in [4.78, 5) is 28.4. The number of aromatic nitrogens is 2. The molecule has 5 rings (SSSR count). The molecule has 0 bridgehead atoms. The lowest BCUT2D eigenvalue weighted by atomic mass is 9.95. The summed E-state index contributed by atoms with van der Waals surface area (Å²) in [6, 6.07) is 20.2. The third-order valence-corrected chi connectivity index (χ3v) is 8.68. The van der Waals surface area contributed by atoms with Gasteiger partial charge in [0.25, 0.3) is 5.78 Å². The zero-order valence-electron chi connectivity index (χ0n) is 22.5. The number of aliphatic hydroxyl groups excluding tert-OH is 1. The van der Waals surface area contributed by atoms with Gasteiger partial charge in [0.2, 0.25) is 5.13 Å². The van der Waals surface area contributed by atoms with Crippen molar-refractivity contribution in [1.29, 1.82) is 0 Å². The molecule has 1 unspecified atom stereocenters. The SMILES string of the molecule is C=CCOc1cccc(C2C(=C(O)c3ccc(OCC)cc3)C(=O)C(=O)N2c2nnc(SCc3ccc(Cl)cc3)s2)c1. The summed E-state index contributed by atoms with van der Waals surface area (Å²) in [6.45, 7) is 6.32. The molecule has 1 N–H and O–H groups in total. The Balaban J connectivity index is 1.53. The normalized spacial score (nSPS) is 16.0. The lowest BCUT2D eigenvalue weighted by molar-refractivity contribution is -0.132. The average molecular weight is 620 g/mol. The van der Waals surface area contributed by atoms with Gasteiger partial charge in [0.15, 0.2) is 4.34 Å². The summed E-state index contributed by atoms with van der Waals surface area (Å²) in [5.41, 5.74) is 1.93. The van der Waals surface area contributed by atoms with Crippen LogP contribution in [0.4, 0.5) is 5.13 Å². The molecule has 1 aromatic heterocycles. The van der Waals surface area contributed by atoms with Crippen LogP contribution in [-0.2, 0) is 15.3 Å². The van der Waals surface area contributed by atoms with Gasteiger partial charge in [-0.3, -0.25) is 14.5 Å². The van der Waals surface area contributed by atoms with E-state index in [1.54, 1.807) is 54.6 Å². The summed E-state index contributed by atoms with van der Waals surface area (Å²) >= 11 is 8.64. The van der Waals surface area contributed by atoms with Gasteiger partial charge in [0.1, 0.15) is 23.9 Å². The van der Waals surface area contributed by atoms with Gasteiger partial charge in [-0.1, -0.05) is 71.6 Å². The Morgan fingerprint density at radius 3 is 2.55 bits per heavy atom. The molecule has 11 heteroatoms. The van der Waals surface area contributed by atoms with Crippen molar-refractivity contribution < 1.29 is 24.2 Å². The highest BCUT2D eigenvalue weighted by Gasteiger charge is 2.48. The first kappa shape index (κ1) is 29.4. The third kappa shape index (κ3) is 6.35. The number of benzene rings is 3. The van der Waals surface area contributed by atoms with E-state index >= 15 is 0 Å². The lowest BCUT2D eigenvalue weighted by Crippen LogP contribution is -2.29. The number of carbonyl (C=O) groups is 2. The first-order chi connectivity index (χ1) is 20.4. The lowest BCUT2D eigenvalue weighted by Gasteiger charge is -2.23. The number of Topliss-reactive ketones (excluding diaryl/α,β-unsaturated/α-hetero) is 1. The van der Waals surface area contributed by atoms with Gasteiger partial charge < -0.3 is 14.6 Å². The minimum Gasteiger partial charge on any atom is -0.507 e. The van der Waals surface area contributed by atoms with Crippen LogP contribution < -0.4 is 14.4 Å². The fourth-order valence-corrected chi connectivity index (χ4v) is 6.34. The van der Waals surface area contributed by atoms with E-state index in [-0.39, 0.29) is 23.1 Å². The molecule has 8 nitrogen and oxygen atoms in total. The minimum absolute atomic E-state index is 0.0596. The number of hydrogen-bond donors (Lipinski definition) is 1. The second kappa shape index (κ2) is 13.2. The largest absolute Gasteiger partial charge is 0.507 e. The van der Waals surface area contributed by atoms with Crippen LogP contribution in [0.15, 0.2) is 95.4 Å². The molecule has 1 fully saturated rings. The quantitative estimate of drug-likeness (QED) is 0.0475. The summed E-state index contributed by atoms with van der Waals surface area (Å²) in [5.74, 6) is -0.173. The van der Waals surface area contributed by atoms with Crippen LogP contribution >= 0.6 is 34.7 Å². The van der Waals surface area contributed by atoms with Crippen LogP contribution in [0.1, 0.15) is 29.7 Å². The molecule has 1 saturated heterocycles. The molecule has 4 aromatic rings. The molecule has 3 aromatic carbocycles. The van der Waals surface area contributed by atoms with E-state index in [9.17, 15) is 14.7 Å². The number of halogens is 1. The highest BCUT2D eigenvalue weighted by molar-refractivity contribution is 8.00. The standard InChI is InChI=1S/C31H26ClN3O5S2/c1-3-16-40-24-7-5-6-21(17-24)26-25(27(36)20-10-14-23(15-11-20)39-4-2)28(37)29(38)35(26)30-33-34-31(42-30)41-18-19-8-12-22(32)13-9-19/h3,5-15,17,26,36H,1,4,16,18H2,2H3. The number of amides is 1. The monoisotopic (exact) mass is 619 g/mol. The molecule has 1 amide bonds. The second-order valence-corrected chi connectivity index (χ2v) is 11.7. The van der Waals surface area contributed by atoms with Gasteiger partial charge in [-0.25, -0.2) is 0 Å². The Hall–Kier alpha value is -4.12. The number of aliphatic hydroxyl groups is 1. The van der Waals surface area contributed by atoms with Gasteiger partial charge >= 0.3 is 5.91 Å². The van der Waals surface area contributed by atoms with E-state index in [1.165, 1.54) is 28.0 Å². The van der Waals surface area contributed by atoms with Crippen LogP contribution in [0.2, 0.25) is 5.02 Å². The predicted octanol–water partition coefficient (Wildman–Crippen LogP) is 7.07. The maximum Gasteiger partial charge on any atom is 0.301 e. The Bertz CT molecular complexity index is 1640. The van der Waals surface area contributed by atoms with Crippen LogP contribution in [0, 0.1) is 0 Å². The van der Waals surface area contributed by atoms with E-state index in [0.717, 1.165) is 5.56 Å². The van der Waals surface area contributed by atoms with Crippen molar-refractivity contribution in [2.24, 2.45) is 0 Å².